The number of amides is 2. The maximum absolute atomic E-state index is 12.9. The summed E-state index contributed by atoms with van der Waals surface area (Å²) in [6.45, 7) is 8.20. The number of pyridine rings is 1. The van der Waals surface area contributed by atoms with Crippen LogP contribution in [0.25, 0.3) is 17.1 Å². The minimum Gasteiger partial charge on any atom is -0.450 e. The van der Waals surface area contributed by atoms with E-state index in [1.807, 2.05) is 22.8 Å². The quantitative estimate of drug-likeness (QED) is 0.500. The molecule has 0 aliphatic carbocycles. The first-order valence-electron chi connectivity index (χ1n) is 11.2. The molecule has 0 bridgehead atoms. The summed E-state index contributed by atoms with van der Waals surface area (Å²) in [6.07, 6.45) is 3.12. The fourth-order valence-corrected chi connectivity index (χ4v) is 4.57. The maximum atomic E-state index is 12.9. The van der Waals surface area contributed by atoms with Gasteiger partial charge in [-0.15, -0.1) is 10.2 Å². The van der Waals surface area contributed by atoms with Crippen LogP contribution >= 0.6 is 11.8 Å². The highest BCUT2D eigenvalue weighted by molar-refractivity contribution is 7.99. The largest absolute Gasteiger partial charge is 0.450 e. The van der Waals surface area contributed by atoms with Gasteiger partial charge < -0.3 is 14.5 Å². The summed E-state index contributed by atoms with van der Waals surface area (Å²) in [7, 11) is 0. The summed E-state index contributed by atoms with van der Waals surface area (Å²) in [5.41, 5.74) is 4.21. The van der Waals surface area contributed by atoms with E-state index >= 15 is 0 Å². The Kier molecular flexibility index (Phi) is 7.46. The molecule has 1 aliphatic rings. The van der Waals surface area contributed by atoms with Crippen LogP contribution in [0.5, 0.6) is 0 Å². The van der Waals surface area contributed by atoms with Gasteiger partial charge in [0.1, 0.15) is 0 Å². The Hall–Kier alpha value is -3.40. The number of aromatic nitrogens is 4. The van der Waals surface area contributed by atoms with Crippen molar-refractivity contribution in [2.24, 2.45) is 0 Å². The van der Waals surface area contributed by atoms with Gasteiger partial charge in [-0.2, -0.15) is 0 Å². The first-order chi connectivity index (χ1) is 16.5. The van der Waals surface area contributed by atoms with Gasteiger partial charge in [-0.05, 0) is 56.2 Å². The molecule has 178 valence electrons. The van der Waals surface area contributed by atoms with Crippen molar-refractivity contribution in [3.05, 3.63) is 53.9 Å². The average molecular weight is 481 g/mol. The Morgan fingerprint density at radius 1 is 0.971 bits per heavy atom. The Bertz CT molecular complexity index is 1160. The zero-order chi connectivity index (χ0) is 24.1. The van der Waals surface area contributed by atoms with Gasteiger partial charge in [0, 0.05) is 44.1 Å². The van der Waals surface area contributed by atoms with E-state index in [1.54, 1.807) is 29.1 Å². The second-order valence-corrected chi connectivity index (χ2v) is 8.94. The van der Waals surface area contributed by atoms with Crippen LogP contribution in [0.4, 0.5) is 4.79 Å². The van der Waals surface area contributed by atoms with Gasteiger partial charge in [0.2, 0.25) is 5.91 Å². The van der Waals surface area contributed by atoms with Gasteiger partial charge >= 0.3 is 6.09 Å². The van der Waals surface area contributed by atoms with Crippen LogP contribution < -0.4 is 0 Å². The third kappa shape index (κ3) is 5.22. The van der Waals surface area contributed by atoms with Crippen molar-refractivity contribution in [1.29, 1.82) is 0 Å². The lowest BCUT2D eigenvalue weighted by atomic mass is 10.1. The first-order valence-corrected chi connectivity index (χ1v) is 12.2. The number of carbonyl (C=O) groups excluding carboxylic acids is 2. The minimum absolute atomic E-state index is 0.00797. The van der Waals surface area contributed by atoms with Crippen molar-refractivity contribution in [2.75, 3.05) is 38.5 Å². The second-order valence-electron chi connectivity index (χ2n) is 8.00. The molecule has 1 fully saturated rings. The monoisotopic (exact) mass is 480 g/mol. The van der Waals surface area contributed by atoms with E-state index < -0.39 is 0 Å². The normalized spacial score (nSPS) is 13.7. The van der Waals surface area contributed by atoms with Crippen LogP contribution in [0.1, 0.15) is 18.1 Å². The molecule has 0 unspecified atom stereocenters. The molecule has 3 aromatic rings. The predicted molar refractivity (Wildman–Crippen MR) is 130 cm³/mol. The van der Waals surface area contributed by atoms with E-state index in [2.05, 4.69) is 41.2 Å². The molecule has 0 atom stereocenters. The number of ether oxygens (including phenoxy) is 1. The van der Waals surface area contributed by atoms with Crippen molar-refractivity contribution in [1.82, 2.24) is 29.5 Å². The highest BCUT2D eigenvalue weighted by Crippen LogP contribution is 2.29. The molecule has 1 saturated heterocycles. The first kappa shape index (κ1) is 23.7. The Balaban J connectivity index is 1.50. The number of hydrogen-bond donors (Lipinski definition) is 0. The van der Waals surface area contributed by atoms with Gasteiger partial charge in [0.15, 0.2) is 11.0 Å². The standard InChI is InChI=1S/C24H28N6O3S/c1-4-33-24(32)29-13-11-28(12-14-29)21(31)16-34-23-27-26-22(19-7-9-25-10-8-19)30(23)20-6-5-17(2)18(3)15-20/h5-10,15H,4,11-14,16H2,1-3H3. The van der Waals surface area contributed by atoms with E-state index in [0.29, 0.717) is 43.8 Å². The third-order valence-electron chi connectivity index (χ3n) is 5.80. The summed E-state index contributed by atoms with van der Waals surface area (Å²) in [6, 6.07) is 10.00. The van der Waals surface area contributed by atoms with Crippen LogP contribution in [0.3, 0.4) is 0 Å². The molecule has 1 aromatic carbocycles. The van der Waals surface area contributed by atoms with Gasteiger partial charge in [-0.1, -0.05) is 17.8 Å². The zero-order valence-corrected chi connectivity index (χ0v) is 20.4. The molecular weight excluding hydrogens is 452 g/mol. The van der Waals surface area contributed by atoms with E-state index in [9.17, 15) is 9.59 Å². The summed E-state index contributed by atoms with van der Waals surface area (Å²) < 4.78 is 7.03. The lowest BCUT2D eigenvalue weighted by Gasteiger charge is -2.34. The van der Waals surface area contributed by atoms with Gasteiger partial charge in [-0.25, -0.2) is 4.79 Å². The van der Waals surface area contributed by atoms with Crippen molar-refractivity contribution < 1.29 is 14.3 Å². The number of hydrogen-bond acceptors (Lipinski definition) is 7. The summed E-state index contributed by atoms with van der Waals surface area (Å²) in [4.78, 5) is 32.3. The molecule has 9 nitrogen and oxygen atoms in total. The lowest BCUT2D eigenvalue weighted by Crippen LogP contribution is -2.51. The van der Waals surface area contributed by atoms with Crippen LogP contribution in [0.2, 0.25) is 0 Å². The van der Waals surface area contributed by atoms with E-state index in [4.69, 9.17) is 4.74 Å². The molecule has 4 rings (SSSR count). The predicted octanol–water partition coefficient (Wildman–Crippen LogP) is 3.34. The number of aryl methyl sites for hydroxylation is 2. The number of piperazine rings is 1. The zero-order valence-electron chi connectivity index (χ0n) is 19.6. The highest BCUT2D eigenvalue weighted by Gasteiger charge is 2.25. The molecule has 3 heterocycles. The molecule has 1 aliphatic heterocycles. The van der Waals surface area contributed by atoms with Gasteiger partial charge in [-0.3, -0.25) is 14.3 Å². The van der Waals surface area contributed by atoms with Gasteiger partial charge in [0.25, 0.3) is 0 Å². The number of thioether (sulfide) groups is 1. The van der Waals surface area contributed by atoms with E-state index in [0.717, 1.165) is 11.3 Å². The van der Waals surface area contributed by atoms with Crippen LogP contribution in [0.15, 0.2) is 47.9 Å². The molecule has 2 aromatic heterocycles. The number of nitrogens with zero attached hydrogens (tertiary/aromatic N) is 6. The fraction of sp³-hybridized carbons (Fsp3) is 0.375. The highest BCUT2D eigenvalue weighted by atomic mass is 32.2. The summed E-state index contributed by atoms with van der Waals surface area (Å²) in [5, 5.41) is 9.49. The topological polar surface area (TPSA) is 93.4 Å². The van der Waals surface area contributed by atoms with Crippen molar-refractivity contribution >= 4 is 23.8 Å². The molecule has 2 amide bonds. The number of benzene rings is 1. The van der Waals surface area contributed by atoms with Crippen LogP contribution in [0, 0.1) is 13.8 Å². The number of rotatable bonds is 6. The fourth-order valence-electron chi connectivity index (χ4n) is 3.72. The molecule has 10 heteroatoms. The summed E-state index contributed by atoms with van der Waals surface area (Å²) >= 11 is 1.36. The second kappa shape index (κ2) is 10.7. The van der Waals surface area contributed by atoms with E-state index in [1.165, 1.54) is 22.9 Å². The molecule has 0 radical (unpaired) electrons. The molecule has 0 saturated carbocycles. The Labute approximate surface area is 203 Å². The SMILES string of the molecule is CCOC(=O)N1CCN(C(=O)CSc2nnc(-c3ccncc3)n2-c2ccc(C)c(C)c2)CC1. The maximum Gasteiger partial charge on any atom is 0.409 e. The average Bonchev–Trinajstić information content (AvgIpc) is 3.29. The minimum atomic E-state index is -0.325. The summed E-state index contributed by atoms with van der Waals surface area (Å²) in [5.74, 6) is 0.941. The third-order valence-corrected chi connectivity index (χ3v) is 6.72. The van der Waals surface area contributed by atoms with Gasteiger partial charge in [0.05, 0.1) is 18.0 Å². The molecule has 0 spiro atoms. The van der Waals surface area contributed by atoms with Crippen LogP contribution in [-0.4, -0.2) is 80.1 Å². The van der Waals surface area contributed by atoms with Crippen molar-refractivity contribution in [3.63, 3.8) is 0 Å². The van der Waals surface area contributed by atoms with Crippen molar-refractivity contribution in [2.45, 2.75) is 25.9 Å². The van der Waals surface area contributed by atoms with Crippen LogP contribution in [-0.2, 0) is 9.53 Å². The molecule has 0 N–H and O–H groups in total. The Morgan fingerprint density at radius 3 is 2.35 bits per heavy atom. The Morgan fingerprint density at radius 2 is 1.68 bits per heavy atom. The molecule has 34 heavy (non-hydrogen) atoms. The lowest BCUT2D eigenvalue weighted by molar-refractivity contribution is -0.129. The van der Waals surface area contributed by atoms with E-state index in [-0.39, 0.29) is 17.8 Å². The smallest absolute Gasteiger partial charge is 0.409 e. The molecular formula is C24H28N6O3S. The van der Waals surface area contributed by atoms with Crippen molar-refractivity contribution in [3.8, 4) is 17.1 Å². The number of carbonyl (C=O) groups is 2.